The third-order valence-corrected chi connectivity index (χ3v) is 8.19. The van der Waals surface area contributed by atoms with Gasteiger partial charge in [-0.15, -0.1) is 11.3 Å². The molecule has 1 saturated heterocycles. The van der Waals surface area contributed by atoms with E-state index in [9.17, 15) is 9.18 Å². The lowest BCUT2D eigenvalue weighted by Crippen LogP contribution is -2.49. The van der Waals surface area contributed by atoms with Crippen LogP contribution in [0, 0.1) is 5.82 Å². The standard InChI is InChI=1S/C24H29ClFN3O2S2/c1-31-23(30)21-17-6-4-2-3-5-7-20(17)33-22(21)27-24(32)29-12-10-28(11-13-29)15-16-8-9-19(26)18(25)14-16/h8-9,14H,2-7,10-13,15H2,1H3,(H,27,32). The monoisotopic (exact) mass is 509 g/mol. The Morgan fingerprint density at radius 1 is 1.18 bits per heavy atom. The molecule has 1 aromatic heterocycles. The van der Waals surface area contributed by atoms with Crippen molar-refractivity contribution in [1.29, 1.82) is 0 Å². The van der Waals surface area contributed by atoms with Crippen LogP contribution in [0.25, 0.3) is 0 Å². The maximum absolute atomic E-state index is 13.4. The van der Waals surface area contributed by atoms with Gasteiger partial charge in [0.05, 0.1) is 17.7 Å². The number of hydrogen-bond acceptors (Lipinski definition) is 5. The molecule has 9 heteroatoms. The summed E-state index contributed by atoms with van der Waals surface area (Å²) >= 11 is 13.3. The van der Waals surface area contributed by atoms with Crippen LogP contribution in [0.4, 0.5) is 9.39 Å². The van der Waals surface area contributed by atoms with Crippen LogP contribution >= 0.6 is 35.2 Å². The fourth-order valence-corrected chi connectivity index (χ4v) is 6.34. The first kappa shape index (κ1) is 24.4. The van der Waals surface area contributed by atoms with Crippen molar-refractivity contribution in [3.63, 3.8) is 0 Å². The Morgan fingerprint density at radius 3 is 2.61 bits per heavy atom. The van der Waals surface area contributed by atoms with Gasteiger partial charge >= 0.3 is 5.97 Å². The lowest BCUT2D eigenvalue weighted by Gasteiger charge is -2.36. The van der Waals surface area contributed by atoms with E-state index in [0.717, 1.165) is 74.5 Å². The van der Waals surface area contributed by atoms with Crippen LogP contribution < -0.4 is 5.32 Å². The van der Waals surface area contributed by atoms with Gasteiger partial charge in [-0.3, -0.25) is 4.90 Å². The highest BCUT2D eigenvalue weighted by Crippen LogP contribution is 2.37. The van der Waals surface area contributed by atoms with Crippen LogP contribution in [0.2, 0.25) is 5.02 Å². The molecule has 1 aliphatic carbocycles. The van der Waals surface area contributed by atoms with Crippen LogP contribution in [0.1, 0.15) is 52.0 Å². The van der Waals surface area contributed by atoms with E-state index in [1.807, 2.05) is 0 Å². The number of halogens is 2. The Balaban J connectivity index is 1.40. The molecule has 1 fully saturated rings. The topological polar surface area (TPSA) is 44.8 Å². The maximum atomic E-state index is 13.4. The first-order valence-electron chi connectivity index (χ1n) is 11.4. The lowest BCUT2D eigenvalue weighted by molar-refractivity contribution is 0.0601. The first-order valence-corrected chi connectivity index (χ1v) is 13.0. The number of fused-ring (bicyclic) bond motifs is 1. The van der Waals surface area contributed by atoms with Crippen molar-refractivity contribution in [1.82, 2.24) is 9.80 Å². The summed E-state index contributed by atoms with van der Waals surface area (Å²) in [6, 6.07) is 4.88. The zero-order chi connectivity index (χ0) is 23.4. The van der Waals surface area contributed by atoms with E-state index in [4.69, 9.17) is 28.6 Å². The molecule has 2 heterocycles. The molecule has 0 spiro atoms. The van der Waals surface area contributed by atoms with Crippen LogP contribution in [-0.4, -0.2) is 54.2 Å². The van der Waals surface area contributed by atoms with E-state index < -0.39 is 5.82 Å². The van der Waals surface area contributed by atoms with Gasteiger partial charge in [-0.05, 0) is 61.2 Å². The van der Waals surface area contributed by atoms with Gasteiger partial charge in [0.2, 0.25) is 0 Å². The first-order chi connectivity index (χ1) is 16.0. The summed E-state index contributed by atoms with van der Waals surface area (Å²) in [5.41, 5.74) is 2.79. The zero-order valence-corrected chi connectivity index (χ0v) is 21.2. The third kappa shape index (κ3) is 5.85. The van der Waals surface area contributed by atoms with Gasteiger partial charge in [-0.2, -0.15) is 0 Å². The lowest BCUT2D eigenvalue weighted by atomic mass is 9.96. The fourth-order valence-electron chi connectivity index (χ4n) is 4.51. The number of benzene rings is 1. The van der Waals surface area contributed by atoms with E-state index in [0.29, 0.717) is 10.7 Å². The zero-order valence-electron chi connectivity index (χ0n) is 18.8. The third-order valence-electron chi connectivity index (χ3n) is 6.33. The SMILES string of the molecule is COC(=O)c1c(NC(=S)N2CCN(Cc3ccc(F)c(Cl)c3)CC2)sc2c1CCCCCC2. The Kier molecular flexibility index (Phi) is 8.22. The molecule has 178 valence electrons. The van der Waals surface area contributed by atoms with Crippen LogP contribution in [0.15, 0.2) is 18.2 Å². The Bertz CT molecular complexity index is 1020. The highest BCUT2D eigenvalue weighted by Gasteiger charge is 2.27. The second kappa shape index (κ2) is 11.1. The molecule has 2 aliphatic rings. The highest BCUT2D eigenvalue weighted by atomic mass is 35.5. The van der Waals surface area contributed by atoms with E-state index >= 15 is 0 Å². The van der Waals surface area contributed by atoms with Crippen LogP contribution in [-0.2, 0) is 24.1 Å². The molecule has 0 atom stereocenters. The van der Waals surface area contributed by atoms with Gasteiger partial charge in [0.15, 0.2) is 5.11 Å². The predicted octanol–water partition coefficient (Wildman–Crippen LogP) is 5.50. The number of aryl methyl sites for hydroxylation is 1. The average molecular weight is 510 g/mol. The van der Waals surface area contributed by atoms with Gasteiger partial charge in [0.25, 0.3) is 0 Å². The van der Waals surface area contributed by atoms with Crippen molar-refractivity contribution in [2.24, 2.45) is 0 Å². The number of nitrogens with one attached hydrogen (secondary N) is 1. The van der Waals surface area contributed by atoms with Crippen LogP contribution in [0.3, 0.4) is 0 Å². The minimum absolute atomic E-state index is 0.156. The number of esters is 1. The molecule has 33 heavy (non-hydrogen) atoms. The minimum atomic E-state index is -0.394. The fraction of sp³-hybridized carbons (Fsp3) is 0.500. The van der Waals surface area contributed by atoms with Crippen molar-refractivity contribution in [2.45, 2.75) is 45.1 Å². The number of hydrogen-bond donors (Lipinski definition) is 1. The number of thiocarbonyl (C=S) groups is 1. The average Bonchev–Trinajstić information content (AvgIpc) is 3.12. The summed E-state index contributed by atoms with van der Waals surface area (Å²) in [7, 11) is 1.44. The summed E-state index contributed by atoms with van der Waals surface area (Å²) in [5.74, 6) is -0.685. The molecule has 0 radical (unpaired) electrons. The van der Waals surface area contributed by atoms with Gasteiger partial charge < -0.3 is 15.0 Å². The number of methoxy groups -OCH3 is 1. The molecular weight excluding hydrogens is 481 g/mol. The summed E-state index contributed by atoms with van der Waals surface area (Å²) in [4.78, 5) is 18.4. The van der Waals surface area contributed by atoms with Crippen molar-refractivity contribution in [2.75, 3.05) is 38.6 Å². The molecule has 0 unspecified atom stereocenters. The van der Waals surface area contributed by atoms with E-state index in [1.165, 1.54) is 30.9 Å². The number of piperazine rings is 1. The maximum Gasteiger partial charge on any atom is 0.341 e. The second-order valence-corrected chi connectivity index (χ2v) is 10.5. The largest absolute Gasteiger partial charge is 0.465 e. The number of rotatable bonds is 4. The van der Waals surface area contributed by atoms with Gasteiger partial charge in [0, 0.05) is 37.6 Å². The number of thiophene rings is 1. The highest BCUT2D eigenvalue weighted by molar-refractivity contribution is 7.80. The van der Waals surface area contributed by atoms with E-state index in [1.54, 1.807) is 23.5 Å². The number of carbonyl (C=O) groups excluding carboxylic acids is 1. The van der Waals surface area contributed by atoms with Crippen molar-refractivity contribution < 1.29 is 13.9 Å². The number of nitrogens with zero attached hydrogens (tertiary/aromatic N) is 2. The molecule has 0 saturated carbocycles. The molecule has 1 aromatic carbocycles. The smallest absolute Gasteiger partial charge is 0.341 e. The van der Waals surface area contributed by atoms with Crippen molar-refractivity contribution >= 4 is 51.2 Å². The molecule has 2 aromatic rings. The summed E-state index contributed by atoms with van der Waals surface area (Å²) < 4.78 is 18.5. The number of ether oxygens (including phenoxy) is 1. The van der Waals surface area contributed by atoms with Crippen molar-refractivity contribution in [3.05, 3.63) is 50.6 Å². The van der Waals surface area contributed by atoms with Gasteiger partial charge in [0.1, 0.15) is 10.8 Å². The van der Waals surface area contributed by atoms with Gasteiger partial charge in [-0.25, -0.2) is 9.18 Å². The second-order valence-electron chi connectivity index (χ2n) is 8.56. The summed E-state index contributed by atoms with van der Waals surface area (Å²) in [5, 5.41) is 4.97. The normalized spacial score (nSPS) is 17.1. The quantitative estimate of drug-likeness (QED) is 0.433. The molecule has 0 amide bonds. The minimum Gasteiger partial charge on any atom is -0.465 e. The number of anilines is 1. The van der Waals surface area contributed by atoms with Crippen molar-refractivity contribution in [3.8, 4) is 0 Å². The number of carbonyl (C=O) groups is 1. The molecular formula is C24H29ClFN3O2S2. The van der Waals surface area contributed by atoms with Gasteiger partial charge in [-0.1, -0.05) is 30.5 Å². The molecule has 1 N–H and O–H groups in total. The Hall–Kier alpha value is -1.74. The predicted molar refractivity (Wildman–Crippen MR) is 136 cm³/mol. The molecule has 5 nitrogen and oxygen atoms in total. The molecule has 0 bridgehead atoms. The summed E-state index contributed by atoms with van der Waals surface area (Å²) in [6.45, 7) is 3.94. The van der Waals surface area contributed by atoms with E-state index in [-0.39, 0.29) is 11.0 Å². The Labute approximate surface area is 208 Å². The molecule has 1 aliphatic heterocycles. The summed E-state index contributed by atoms with van der Waals surface area (Å²) in [6.07, 6.45) is 6.60. The Morgan fingerprint density at radius 2 is 1.91 bits per heavy atom. The molecule has 4 rings (SSSR count). The van der Waals surface area contributed by atoms with E-state index in [2.05, 4.69) is 15.1 Å². The van der Waals surface area contributed by atoms with Crippen LogP contribution in [0.5, 0.6) is 0 Å².